The zero-order valence-corrected chi connectivity index (χ0v) is 8.37. The van der Waals surface area contributed by atoms with Gasteiger partial charge in [0.05, 0.1) is 18.6 Å². The largest absolute Gasteiger partial charge is 0.308 e. The molecule has 0 aromatic carbocycles. The van der Waals surface area contributed by atoms with Crippen LogP contribution in [-0.4, -0.2) is 19.5 Å². The minimum atomic E-state index is 0.415. The third kappa shape index (κ3) is 1.42. The van der Waals surface area contributed by atoms with Crippen LogP contribution in [0, 0.1) is 0 Å². The van der Waals surface area contributed by atoms with E-state index in [1.165, 1.54) is 19.3 Å². The molecule has 1 unspecified atom stereocenters. The number of hydrogen-bond donors (Lipinski definition) is 0. The van der Waals surface area contributed by atoms with Crippen molar-refractivity contribution in [2.24, 2.45) is 0 Å². The van der Waals surface area contributed by atoms with Crippen molar-refractivity contribution in [3.63, 3.8) is 0 Å². The fraction of sp³-hybridized carbons (Fsp3) is 0.364. The highest BCUT2D eigenvalue weighted by molar-refractivity contribution is 5.69. The summed E-state index contributed by atoms with van der Waals surface area (Å²) in [6, 6.07) is 0.415. The van der Waals surface area contributed by atoms with Crippen LogP contribution in [0.25, 0.3) is 11.2 Å². The maximum Gasteiger partial charge on any atom is 0.163 e. The second kappa shape index (κ2) is 3.46. The summed E-state index contributed by atoms with van der Waals surface area (Å²) in [6.45, 7) is 0. The van der Waals surface area contributed by atoms with Crippen LogP contribution in [0.4, 0.5) is 0 Å². The minimum absolute atomic E-state index is 0.415. The van der Waals surface area contributed by atoms with Crippen LogP contribution in [0.15, 0.2) is 31.0 Å². The first-order valence-corrected chi connectivity index (χ1v) is 5.24. The summed E-state index contributed by atoms with van der Waals surface area (Å²) in [4.78, 5) is 12.5. The van der Waals surface area contributed by atoms with Crippen LogP contribution in [0.3, 0.4) is 0 Å². The molecule has 0 fully saturated rings. The number of imidazole rings is 1. The van der Waals surface area contributed by atoms with Gasteiger partial charge in [0.2, 0.25) is 0 Å². The molecule has 0 saturated carbocycles. The lowest BCUT2D eigenvalue weighted by molar-refractivity contribution is 0.525. The average Bonchev–Trinajstić information content (AvgIpc) is 2.74. The van der Waals surface area contributed by atoms with Crippen molar-refractivity contribution in [3.8, 4) is 0 Å². The van der Waals surface area contributed by atoms with Crippen molar-refractivity contribution in [2.45, 2.75) is 25.3 Å². The molecule has 15 heavy (non-hydrogen) atoms. The van der Waals surface area contributed by atoms with Gasteiger partial charge in [-0.1, -0.05) is 12.2 Å². The molecule has 3 rings (SSSR count). The predicted octanol–water partition coefficient (Wildman–Crippen LogP) is 2.11. The van der Waals surface area contributed by atoms with E-state index >= 15 is 0 Å². The zero-order chi connectivity index (χ0) is 10.1. The fourth-order valence-corrected chi connectivity index (χ4v) is 2.05. The van der Waals surface area contributed by atoms with E-state index in [9.17, 15) is 0 Å². The van der Waals surface area contributed by atoms with Crippen molar-refractivity contribution in [2.75, 3.05) is 0 Å². The number of aromatic nitrogens is 4. The van der Waals surface area contributed by atoms with Gasteiger partial charge in [0.15, 0.2) is 5.65 Å². The Kier molecular flexibility index (Phi) is 1.98. The van der Waals surface area contributed by atoms with Crippen molar-refractivity contribution < 1.29 is 0 Å². The number of nitrogens with zero attached hydrogens (tertiary/aromatic N) is 4. The van der Waals surface area contributed by atoms with E-state index in [0.29, 0.717) is 6.04 Å². The molecule has 1 atom stereocenters. The van der Waals surface area contributed by atoms with Crippen molar-refractivity contribution in [1.29, 1.82) is 0 Å². The van der Waals surface area contributed by atoms with Crippen LogP contribution >= 0.6 is 0 Å². The number of rotatable bonds is 1. The van der Waals surface area contributed by atoms with E-state index in [1.807, 2.05) is 6.33 Å². The van der Waals surface area contributed by atoms with Crippen molar-refractivity contribution in [1.82, 2.24) is 19.5 Å². The van der Waals surface area contributed by atoms with Crippen LogP contribution in [0.1, 0.15) is 25.3 Å². The fourth-order valence-electron chi connectivity index (χ4n) is 2.05. The van der Waals surface area contributed by atoms with Gasteiger partial charge in [0.25, 0.3) is 0 Å². The lowest BCUT2D eigenvalue weighted by atomic mass is 10.0. The van der Waals surface area contributed by atoms with Crippen LogP contribution in [0.5, 0.6) is 0 Å². The Hall–Kier alpha value is -1.71. The molecular formula is C11H12N4. The Labute approximate surface area is 87.7 Å². The Morgan fingerprint density at radius 1 is 1.33 bits per heavy atom. The molecule has 4 heteroatoms. The quantitative estimate of drug-likeness (QED) is 0.662. The lowest BCUT2D eigenvalue weighted by Gasteiger charge is -2.17. The first-order chi connectivity index (χ1) is 7.45. The molecule has 2 aromatic rings. The molecule has 1 aliphatic rings. The summed E-state index contributed by atoms with van der Waals surface area (Å²) in [6.07, 6.45) is 13.3. The Morgan fingerprint density at radius 3 is 3.20 bits per heavy atom. The molecule has 0 aliphatic heterocycles. The second-order valence-corrected chi connectivity index (χ2v) is 3.81. The first-order valence-electron chi connectivity index (χ1n) is 5.24. The number of allylic oxidation sites excluding steroid dienone is 2. The molecule has 0 saturated heterocycles. The zero-order valence-electron chi connectivity index (χ0n) is 8.37. The maximum absolute atomic E-state index is 4.30. The van der Waals surface area contributed by atoms with Gasteiger partial charge in [-0.05, 0) is 19.3 Å². The van der Waals surface area contributed by atoms with E-state index in [0.717, 1.165) is 11.2 Å². The lowest BCUT2D eigenvalue weighted by Crippen LogP contribution is -2.08. The second-order valence-electron chi connectivity index (χ2n) is 3.81. The Bertz CT molecular complexity index is 500. The van der Waals surface area contributed by atoms with Gasteiger partial charge in [-0.2, -0.15) is 0 Å². The molecule has 0 radical (unpaired) electrons. The predicted molar refractivity (Wildman–Crippen MR) is 57.4 cm³/mol. The van der Waals surface area contributed by atoms with Crippen LogP contribution in [-0.2, 0) is 0 Å². The summed E-state index contributed by atoms with van der Waals surface area (Å²) in [5.41, 5.74) is 1.80. The third-order valence-electron chi connectivity index (χ3n) is 2.82. The van der Waals surface area contributed by atoms with E-state index in [-0.39, 0.29) is 0 Å². The topological polar surface area (TPSA) is 43.6 Å². The van der Waals surface area contributed by atoms with Crippen molar-refractivity contribution in [3.05, 3.63) is 31.0 Å². The SMILES string of the molecule is C1=CC(n2cnc3cncnc32)CCC1. The molecule has 76 valence electrons. The molecular weight excluding hydrogens is 188 g/mol. The van der Waals surface area contributed by atoms with Gasteiger partial charge >= 0.3 is 0 Å². The molecule has 1 aliphatic carbocycles. The molecule has 0 amide bonds. The normalized spacial score (nSPS) is 20.9. The van der Waals surface area contributed by atoms with E-state index in [1.54, 1.807) is 12.5 Å². The highest BCUT2D eigenvalue weighted by Crippen LogP contribution is 2.24. The smallest absolute Gasteiger partial charge is 0.163 e. The summed E-state index contributed by atoms with van der Waals surface area (Å²) < 4.78 is 2.13. The van der Waals surface area contributed by atoms with Gasteiger partial charge in [0, 0.05) is 0 Å². The maximum atomic E-state index is 4.30. The first kappa shape index (κ1) is 8.59. The molecule has 0 spiro atoms. The van der Waals surface area contributed by atoms with Gasteiger partial charge in [-0.25, -0.2) is 15.0 Å². The molecule has 4 nitrogen and oxygen atoms in total. The van der Waals surface area contributed by atoms with Gasteiger partial charge in [-0.3, -0.25) is 0 Å². The summed E-state index contributed by atoms with van der Waals surface area (Å²) in [5.74, 6) is 0. The van der Waals surface area contributed by atoms with E-state index < -0.39 is 0 Å². The van der Waals surface area contributed by atoms with Crippen LogP contribution in [0.2, 0.25) is 0 Å². The highest BCUT2D eigenvalue weighted by atomic mass is 15.1. The molecule has 2 heterocycles. The van der Waals surface area contributed by atoms with Gasteiger partial charge in [-0.15, -0.1) is 0 Å². The van der Waals surface area contributed by atoms with Crippen LogP contribution < -0.4 is 0 Å². The van der Waals surface area contributed by atoms with E-state index in [4.69, 9.17) is 0 Å². The van der Waals surface area contributed by atoms with Gasteiger partial charge < -0.3 is 4.57 Å². The standard InChI is InChI=1S/C11H12N4/c1-2-4-9(5-3-1)15-8-14-10-6-12-7-13-11(10)15/h2,4,6-9H,1,3,5H2. The minimum Gasteiger partial charge on any atom is -0.308 e. The highest BCUT2D eigenvalue weighted by Gasteiger charge is 2.13. The molecule has 2 aromatic heterocycles. The third-order valence-corrected chi connectivity index (χ3v) is 2.82. The van der Waals surface area contributed by atoms with E-state index in [2.05, 4.69) is 31.7 Å². The monoisotopic (exact) mass is 200 g/mol. The molecule has 0 N–H and O–H groups in total. The van der Waals surface area contributed by atoms with Gasteiger partial charge in [0.1, 0.15) is 11.8 Å². The molecule has 0 bridgehead atoms. The average molecular weight is 200 g/mol. The summed E-state index contributed by atoms with van der Waals surface area (Å²) >= 11 is 0. The number of fused-ring (bicyclic) bond motifs is 1. The van der Waals surface area contributed by atoms with Crippen molar-refractivity contribution >= 4 is 11.2 Å². The Balaban J connectivity index is 2.10. The Morgan fingerprint density at radius 2 is 2.33 bits per heavy atom. The summed E-state index contributed by atoms with van der Waals surface area (Å²) in [7, 11) is 0. The summed E-state index contributed by atoms with van der Waals surface area (Å²) in [5, 5.41) is 0. The number of hydrogen-bond acceptors (Lipinski definition) is 3.